The van der Waals surface area contributed by atoms with Gasteiger partial charge in [-0.1, -0.05) is 11.6 Å². The quantitative estimate of drug-likeness (QED) is 0.879. The first-order chi connectivity index (χ1) is 9.51. The van der Waals surface area contributed by atoms with E-state index in [0.29, 0.717) is 31.1 Å². The van der Waals surface area contributed by atoms with Crippen LogP contribution in [-0.2, 0) is 9.53 Å². The smallest absolute Gasteiger partial charge is 0.305 e. The van der Waals surface area contributed by atoms with E-state index in [1.807, 2.05) is 0 Å². The zero-order chi connectivity index (χ0) is 14.6. The third-order valence-corrected chi connectivity index (χ3v) is 3.50. The lowest BCUT2D eigenvalue weighted by atomic mass is 9.86. The van der Waals surface area contributed by atoms with Crippen LogP contribution in [-0.4, -0.2) is 40.7 Å². The Morgan fingerprint density at radius 3 is 2.65 bits per heavy atom. The van der Waals surface area contributed by atoms with Crippen molar-refractivity contribution in [3.63, 3.8) is 0 Å². The summed E-state index contributed by atoms with van der Waals surface area (Å²) < 4.78 is 5.23. The van der Waals surface area contributed by atoms with Gasteiger partial charge in [0.15, 0.2) is 0 Å². The van der Waals surface area contributed by atoms with Crippen molar-refractivity contribution in [3.05, 3.63) is 29.0 Å². The summed E-state index contributed by atoms with van der Waals surface area (Å²) in [4.78, 5) is 27.1. The lowest BCUT2D eigenvalue weighted by Gasteiger charge is -2.36. The minimum absolute atomic E-state index is 0.129. The fourth-order valence-electron chi connectivity index (χ4n) is 2.21. The molecule has 0 atom stereocenters. The molecule has 108 valence electrons. The number of carbonyl (C=O) groups is 2. The van der Waals surface area contributed by atoms with Crippen LogP contribution in [0.5, 0.6) is 0 Å². The van der Waals surface area contributed by atoms with Gasteiger partial charge in [0.25, 0.3) is 5.91 Å². The van der Waals surface area contributed by atoms with Crippen molar-refractivity contribution in [1.29, 1.82) is 0 Å². The van der Waals surface area contributed by atoms with E-state index in [-0.39, 0.29) is 12.1 Å². The third-order valence-electron chi connectivity index (χ3n) is 3.28. The highest BCUT2D eigenvalue weighted by molar-refractivity contribution is 6.30. The van der Waals surface area contributed by atoms with Crippen LogP contribution in [0.3, 0.4) is 0 Å². The molecule has 7 heteroatoms. The van der Waals surface area contributed by atoms with Crippen LogP contribution >= 0.6 is 11.6 Å². The van der Waals surface area contributed by atoms with Gasteiger partial charge in [0.05, 0.1) is 17.0 Å². The Labute approximate surface area is 121 Å². The van der Waals surface area contributed by atoms with Gasteiger partial charge in [-0.3, -0.25) is 9.59 Å². The number of hydrogen-bond acceptors (Lipinski definition) is 4. The number of amides is 1. The molecule has 0 spiro atoms. The summed E-state index contributed by atoms with van der Waals surface area (Å²) in [7, 11) is 0. The number of hydrogen-bond donors (Lipinski definition) is 2. The molecule has 1 amide bonds. The molecule has 2 N–H and O–H groups in total. The van der Waals surface area contributed by atoms with Gasteiger partial charge in [0.2, 0.25) is 0 Å². The molecule has 0 unspecified atom stereocenters. The predicted molar refractivity (Wildman–Crippen MR) is 71.8 cm³/mol. The van der Waals surface area contributed by atoms with Gasteiger partial charge in [-0.05, 0) is 25.0 Å². The Morgan fingerprint density at radius 1 is 1.40 bits per heavy atom. The summed E-state index contributed by atoms with van der Waals surface area (Å²) in [5.74, 6) is -1.35. The molecule has 1 aliphatic rings. The molecule has 0 radical (unpaired) electrons. The van der Waals surface area contributed by atoms with Gasteiger partial charge in [-0.15, -0.1) is 0 Å². The summed E-state index contributed by atoms with van der Waals surface area (Å²) in [6.45, 7) is 0.864. The van der Waals surface area contributed by atoms with Crippen LogP contribution in [0.2, 0.25) is 5.02 Å². The standard InChI is InChI=1S/C13H15ClN2O4/c14-9-1-2-10(15-8-9)12(19)16-13(7-11(17)18)3-5-20-6-4-13/h1-2,8H,3-7H2,(H,16,19)(H,17,18). The number of nitrogens with zero attached hydrogens (tertiary/aromatic N) is 1. The largest absolute Gasteiger partial charge is 0.481 e. The van der Waals surface area contributed by atoms with E-state index in [2.05, 4.69) is 10.3 Å². The minimum Gasteiger partial charge on any atom is -0.481 e. The number of pyridine rings is 1. The number of ether oxygens (including phenoxy) is 1. The number of aromatic nitrogens is 1. The molecule has 20 heavy (non-hydrogen) atoms. The van der Waals surface area contributed by atoms with Crippen molar-refractivity contribution in [2.24, 2.45) is 0 Å². The van der Waals surface area contributed by atoms with Crippen LogP contribution in [0, 0.1) is 0 Å². The van der Waals surface area contributed by atoms with Crippen LogP contribution in [0.15, 0.2) is 18.3 Å². The van der Waals surface area contributed by atoms with Gasteiger partial charge < -0.3 is 15.2 Å². The van der Waals surface area contributed by atoms with E-state index in [1.165, 1.54) is 12.3 Å². The molecule has 6 nitrogen and oxygen atoms in total. The minimum atomic E-state index is -0.948. The Kier molecular flexibility index (Phi) is 4.57. The van der Waals surface area contributed by atoms with E-state index in [4.69, 9.17) is 21.4 Å². The van der Waals surface area contributed by atoms with Crippen molar-refractivity contribution < 1.29 is 19.4 Å². The van der Waals surface area contributed by atoms with Crippen molar-refractivity contribution in [2.45, 2.75) is 24.8 Å². The first kappa shape index (κ1) is 14.7. The molecule has 0 aliphatic carbocycles. The molecule has 1 fully saturated rings. The zero-order valence-electron chi connectivity index (χ0n) is 10.8. The van der Waals surface area contributed by atoms with Crippen molar-refractivity contribution in [2.75, 3.05) is 13.2 Å². The van der Waals surface area contributed by atoms with E-state index in [1.54, 1.807) is 6.07 Å². The highest BCUT2D eigenvalue weighted by Crippen LogP contribution is 2.25. The van der Waals surface area contributed by atoms with Gasteiger partial charge >= 0.3 is 5.97 Å². The van der Waals surface area contributed by atoms with Crippen LogP contribution < -0.4 is 5.32 Å². The first-order valence-corrected chi connectivity index (χ1v) is 6.62. The second-order valence-corrected chi connectivity index (χ2v) is 5.22. The summed E-state index contributed by atoms with van der Waals surface area (Å²) in [6, 6.07) is 3.07. The number of carboxylic acid groups (broad SMARTS) is 1. The number of carboxylic acids is 1. The molecular formula is C13H15ClN2O4. The summed E-state index contributed by atoms with van der Waals surface area (Å²) in [6.07, 6.45) is 2.19. The molecule has 2 rings (SSSR count). The maximum Gasteiger partial charge on any atom is 0.305 e. The molecule has 0 saturated carbocycles. The number of carbonyl (C=O) groups excluding carboxylic acids is 1. The van der Waals surface area contributed by atoms with Crippen molar-refractivity contribution in [3.8, 4) is 0 Å². The van der Waals surface area contributed by atoms with Gasteiger partial charge in [-0.2, -0.15) is 0 Å². The van der Waals surface area contributed by atoms with Crippen LogP contribution in [0.1, 0.15) is 29.8 Å². The molecule has 1 aliphatic heterocycles. The molecule has 1 saturated heterocycles. The Bertz CT molecular complexity index is 498. The predicted octanol–water partition coefficient (Wildman–Crippen LogP) is 1.49. The lowest BCUT2D eigenvalue weighted by Crippen LogP contribution is -2.53. The topological polar surface area (TPSA) is 88.5 Å². The van der Waals surface area contributed by atoms with Gasteiger partial charge in [-0.25, -0.2) is 4.98 Å². The Balaban J connectivity index is 2.12. The Morgan fingerprint density at radius 2 is 2.10 bits per heavy atom. The third kappa shape index (κ3) is 3.68. The van der Waals surface area contributed by atoms with Crippen LogP contribution in [0.4, 0.5) is 0 Å². The summed E-state index contributed by atoms with van der Waals surface area (Å²) >= 11 is 5.72. The van der Waals surface area contributed by atoms with Crippen molar-refractivity contribution >= 4 is 23.5 Å². The second kappa shape index (κ2) is 6.19. The number of rotatable bonds is 4. The number of halogens is 1. The molecule has 2 heterocycles. The lowest BCUT2D eigenvalue weighted by molar-refractivity contribution is -0.139. The molecule has 1 aromatic rings. The first-order valence-electron chi connectivity index (χ1n) is 6.24. The van der Waals surface area contributed by atoms with E-state index in [9.17, 15) is 9.59 Å². The van der Waals surface area contributed by atoms with E-state index < -0.39 is 17.4 Å². The van der Waals surface area contributed by atoms with Gasteiger partial charge in [0, 0.05) is 19.4 Å². The number of nitrogens with one attached hydrogen (secondary N) is 1. The fourth-order valence-corrected chi connectivity index (χ4v) is 2.32. The molecule has 0 aromatic carbocycles. The average Bonchev–Trinajstić information content (AvgIpc) is 2.39. The molecule has 0 bridgehead atoms. The van der Waals surface area contributed by atoms with Crippen molar-refractivity contribution in [1.82, 2.24) is 10.3 Å². The summed E-state index contributed by atoms with van der Waals surface area (Å²) in [5.41, 5.74) is -0.562. The second-order valence-electron chi connectivity index (χ2n) is 4.78. The SMILES string of the molecule is O=C(O)CC1(NC(=O)c2ccc(Cl)cn2)CCOCC1. The van der Waals surface area contributed by atoms with Crippen LogP contribution in [0.25, 0.3) is 0 Å². The normalized spacial score (nSPS) is 17.4. The van der Waals surface area contributed by atoms with E-state index >= 15 is 0 Å². The Hall–Kier alpha value is -1.66. The molecular weight excluding hydrogens is 284 g/mol. The zero-order valence-corrected chi connectivity index (χ0v) is 11.5. The highest BCUT2D eigenvalue weighted by atomic mass is 35.5. The van der Waals surface area contributed by atoms with Gasteiger partial charge in [0.1, 0.15) is 5.69 Å². The number of aliphatic carboxylic acids is 1. The molecule has 1 aromatic heterocycles. The average molecular weight is 299 g/mol. The maximum atomic E-state index is 12.2. The monoisotopic (exact) mass is 298 g/mol. The summed E-state index contributed by atoms with van der Waals surface area (Å²) in [5, 5.41) is 12.3. The van der Waals surface area contributed by atoms with E-state index in [0.717, 1.165) is 0 Å². The maximum absolute atomic E-state index is 12.2. The highest BCUT2D eigenvalue weighted by Gasteiger charge is 2.36. The fraction of sp³-hybridized carbons (Fsp3) is 0.462.